The molecular weight excluding hydrogens is 420 g/mol. The molecule has 3 rings (SSSR count). The Morgan fingerprint density at radius 3 is 2.12 bits per heavy atom. The lowest BCUT2D eigenvalue weighted by Gasteiger charge is -2.29. The summed E-state index contributed by atoms with van der Waals surface area (Å²) in [7, 11) is 0. The summed E-state index contributed by atoms with van der Waals surface area (Å²) in [6.45, 7) is 7.55. The van der Waals surface area contributed by atoms with Crippen molar-refractivity contribution >= 4 is 11.8 Å². The van der Waals surface area contributed by atoms with E-state index in [9.17, 15) is 9.59 Å². The van der Waals surface area contributed by atoms with E-state index < -0.39 is 23.4 Å². The second kappa shape index (κ2) is 11.1. The van der Waals surface area contributed by atoms with E-state index in [-0.39, 0.29) is 0 Å². The number of morpholine rings is 1. The van der Waals surface area contributed by atoms with Gasteiger partial charge in [-0.2, -0.15) is 0 Å². The first-order chi connectivity index (χ1) is 15.8. The number of carbonyl (C=O) groups excluding carboxylic acids is 2. The number of amides is 2. The van der Waals surface area contributed by atoms with Crippen LogP contribution in [0.2, 0.25) is 0 Å². The minimum absolute atomic E-state index is 0.355. The van der Waals surface area contributed by atoms with E-state index in [2.05, 4.69) is 34.2 Å². The first kappa shape index (κ1) is 24.4. The average Bonchev–Trinajstić information content (AvgIpc) is 2.81. The molecule has 1 heterocycles. The Bertz CT molecular complexity index is 1010. The van der Waals surface area contributed by atoms with Crippen molar-refractivity contribution in [2.75, 3.05) is 26.3 Å². The van der Waals surface area contributed by atoms with Crippen LogP contribution in [0.1, 0.15) is 40.9 Å². The van der Waals surface area contributed by atoms with E-state index in [4.69, 9.17) is 15.7 Å². The zero-order valence-electron chi connectivity index (χ0n) is 18.9. The lowest BCUT2D eigenvalue weighted by atomic mass is 9.95. The molecule has 1 saturated heterocycles. The number of rotatable bonds is 6. The van der Waals surface area contributed by atoms with Crippen molar-refractivity contribution in [1.82, 2.24) is 15.7 Å². The highest BCUT2D eigenvalue weighted by molar-refractivity contribution is 5.97. The largest absolute Gasteiger partial charge is 0.379 e. The number of nitrogens with two attached hydrogens (primary N) is 1. The normalized spacial score (nSPS) is 15.2. The fourth-order valence-electron chi connectivity index (χ4n) is 3.43. The third kappa shape index (κ3) is 7.14. The van der Waals surface area contributed by atoms with Crippen LogP contribution in [-0.4, -0.2) is 59.8 Å². The molecule has 2 aromatic carbocycles. The fourth-order valence-corrected chi connectivity index (χ4v) is 3.43. The van der Waals surface area contributed by atoms with Gasteiger partial charge >= 0.3 is 0 Å². The van der Waals surface area contributed by atoms with Gasteiger partial charge in [-0.05, 0) is 55.8 Å². The molecule has 2 amide bonds. The van der Waals surface area contributed by atoms with Gasteiger partial charge < -0.3 is 15.8 Å². The topological polar surface area (TPSA) is 117 Å². The summed E-state index contributed by atoms with van der Waals surface area (Å²) in [5.41, 5.74) is 9.68. The Morgan fingerprint density at radius 1 is 1.06 bits per heavy atom. The van der Waals surface area contributed by atoms with Gasteiger partial charge in [0, 0.05) is 41.9 Å². The van der Waals surface area contributed by atoms with Crippen LogP contribution in [0, 0.1) is 11.8 Å². The van der Waals surface area contributed by atoms with Crippen LogP contribution in [0.5, 0.6) is 0 Å². The van der Waals surface area contributed by atoms with Gasteiger partial charge in [0.1, 0.15) is 6.04 Å². The number of hydroxylamine groups is 1. The molecule has 1 unspecified atom stereocenters. The first-order valence-corrected chi connectivity index (χ1v) is 10.8. The lowest BCUT2D eigenvalue weighted by molar-refractivity contribution is -0.132. The fraction of sp³-hybridized carbons (Fsp3) is 0.360. The maximum atomic E-state index is 12.5. The highest BCUT2D eigenvalue weighted by atomic mass is 16.5. The van der Waals surface area contributed by atoms with E-state index in [0.29, 0.717) is 5.56 Å². The summed E-state index contributed by atoms with van der Waals surface area (Å²) in [6.07, 6.45) is 0. The zero-order chi connectivity index (χ0) is 23.8. The smallest absolute Gasteiger partial charge is 0.267 e. The number of nitrogens with zero attached hydrogens (tertiary/aromatic N) is 1. The molecule has 0 radical (unpaired) electrons. The van der Waals surface area contributed by atoms with E-state index in [1.807, 2.05) is 12.1 Å². The Labute approximate surface area is 194 Å². The summed E-state index contributed by atoms with van der Waals surface area (Å²) < 4.78 is 5.38. The van der Waals surface area contributed by atoms with Crippen molar-refractivity contribution in [1.29, 1.82) is 0 Å². The average molecular weight is 451 g/mol. The molecule has 174 valence electrons. The quantitative estimate of drug-likeness (QED) is 0.299. The van der Waals surface area contributed by atoms with Crippen molar-refractivity contribution in [3.05, 3.63) is 70.8 Å². The second-order valence-corrected chi connectivity index (χ2v) is 8.62. The van der Waals surface area contributed by atoms with E-state index in [1.54, 1.807) is 38.1 Å². The van der Waals surface area contributed by atoms with Crippen LogP contribution in [0.3, 0.4) is 0 Å². The molecule has 0 bridgehead atoms. The molecule has 1 aliphatic heterocycles. The predicted octanol–water partition coefficient (Wildman–Crippen LogP) is 1.26. The minimum Gasteiger partial charge on any atom is -0.379 e. The number of hydrogen-bond acceptors (Lipinski definition) is 6. The van der Waals surface area contributed by atoms with E-state index in [0.717, 1.165) is 44.0 Å². The Kier molecular flexibility index (Phi) is 8.20. The van der Waals surface area contributed by atoms with Gasteiger partial charge in [-0.3, -0.25) is 19.7 Å². The van der Waals surface area contributed by atoms with Gasteiger partial charge in [0.15, 0.2) is 0 Å². The number of benzene rings is 2. The van der Waals surface area contributed by atoms with Crippen LogP contribution in [0.25, 0.3) is 0 Å². The maximum absolute atomic E-state index is 12.5. The third-order valence-corrected chi connectivity index (χ3v) is 5.35. The molecule has 1 fully saturated rings. The summed E-state index contributed by atoms with van der Waals surface area (Å²) >= 11 is 0. The van der Waals surface area contributed by atoms with Gasteiger partial charge in [0.2, 0.25) is 0 Å². The molecule has 8 heteroatoms. The Morgan fingerprint density at radius 2 is 1.61 bits per heavy atom. The lowest BCUT2D eigenvalue weighted by Crippen LogP contribution is -2.61. The molecule has 0 spiro atoms. The maximum Gasteiger partial charge on any atom is 0.267 e. The van der Waals surface area contributed by atoms with Crippen LogP contribution < -0.4 is 16.5 Å². The third-order valence-electron chi connectivity index (χ3n) is 5.35. The number of nitrogens with one attached hydrogen (secondary N) is 2. The standard InChI is InChI=1S/C25H30N4O4/c1-25(2,26)22(24(31)28-32)27-23(30)21-11-9-19(10-12-21)4-3-18-5-7-20(8-6-18)17-29-13-15-33-16-14-29/h5-12,22,32H,13-17,26H2,1-2H3,(H,27,30)(H,28,31). The van der Waals surface area contributed by atoms with Crippen molar-refractivity contribution in [2.24, 2.45) is 5.73 Å². The van der Waals surface area contributed by atoms with E-state index >= 15 is 0 Å². The van der Waals surface area contributed by atoms with Gasteiger partial charge in [0.05, 0.1) is 13.2 Å². The number of hydrogen-bond donors (Lipinski definition) is 4. The molecule has 5 N–H and O–H groups in total. The van der Waals surface area contributed by atoms with Crippen LogP contribution >= 0.6 is 0 Å². The monoisotopic (exact) mass is 450 g/mol. The van der Waals surface area contributed by atoms with Crippen molar-refractivity contribution in [2.45, 2.75) is 32.0 Å². The SMILES string of the molecule is CC(C)(N)C(NC(=O)c1ccc(C#Cc2ccc(CN3CCOCC3)cc2)cc1)C(=O)NO. The predicted molar refractivity (Wildman–Crippen MR) is 124 cm³/mol. The molecular formula is C25H30N4O4. The van der Waals surface area contributed by atoms with Crippen molar-refractivity contribution in [3.8, 4) is 11.8 Å². The molecule has 1 aliphatic rings. The summed E-state index contributed by atoms with van der Waals surface area (Å²) in [5.74, 6) is 4.97. The van der Waals surface area contributed by atoms with Gasteiger partial charge in [0.25, 0.3) is 11.8 Å². The Balaban J connectivity index is 1.60. The van der Waals surface area contributed by atoms with Gasteiger partial charge in [-0.25, -0.2) is 5.48 Å². The molecule has 2 aromatic rings. The highest BCUT2D eigenvalue weighted by Crippen LogP contribution is 2.11. The van der Waals surface area contributed by atoms with Crippen molar-refractivity contribution < 1.29 is 19.5 Å². The highest BCUT2D eigenvalue weighted by Gasteiger charge is 2.33. The summed E-state index contributed by atoms with van der Waals surface area (Å²) in [6, 6.07) is 13.8. The van der Waals surface area contributed by atoms with E-state index in [1.165, 1.54) is 11.0 Å². The van der Waals surface area contributed by atoms with Crippen LogP contribution in [-0.2, 0) is 16.1 Å². The minimum atomic E-state index is -1.10. The second-order valence-electron chi connectivity index (χ2n) is 8.62. The molecule has 33 heavy (non-hydrogen) atoms. The van der Waals surface area contributed by atoms with Crippen molar-refractivity contribution in [3.63, 3.8) is 0 Å². The zero-order valence-corrected chi connectivity index (χ0v) is 18.9. The molecule has 0 aromatic heterocycles. The Hall–Kier alpha value is -3.22. The molecule has 0 aliphatic carbocycles. The first-order valence-electron chi connectivity index (χ1n) is 10.8. The number of ether oxygens (including phenoxy) is 1. The van der Waals surface area contributed by atoms with Crippen LogP contribution in [0.15, 0.2) is 48.5 Å². The van der Waals surface area contributed by atoms with Crippen LogP contribution in [0.4, 0.5) is 0 Å². The number of carbonyl (C=O) groups is 2. The molecule has 0 saturated carbocycles. The summed E-state index contributed by atoms with van der Waals surface area (Å²) in [5, 5.41) is 11.5. The van der Waals surface area contributed by atoms with Gasteiger partial charge in [-0.15, -0.1) is 0 Å². The molecule has 8 nitrogen and oxygen atoms in total. The molecule has 1 atom stereocenters. The summed E-state index contributed by atoms with van der Waals surface area (Å²) in [4.78, 5) is 26.7. The van der Waals surface area contributed by atoms with Gasteiger partial charge in [-0.1, -0.05) is 24.0 Å².